The summed E-state index contributed by atoms with van der Waals surface area (Å²) in [5.74, 6) is 0. The van der Waals surface area contributed by atoms with Gasteiger partial charge in [0.1, 0.15) is 0 Å². The van der Waals surface area contributed by atoms with E-state index in [9.17, 15) is 0 Å². The molecule has 1 nitrogen and oxygen atoms in total. The molecule has 350 valence electrons. The van der Waals surface area contributed by atoms with Crippen LogP contribution in [-0.4, -0.2) is 0 Å². The van der Waals surface area contributed by atoms with Gasteiger partial charge in [-0.1, -0.05) is 249 Å². The minimum absolute atomic E-state index is 0.951. The smallest absolute Gasteiger partial charge is 0.0626 e. The van der Waals surface area contributed by atoms with Gasteiger partial charge in [0, 0.05) is 33.7 Å². The first-order valence-corrected chi connectivity index (χ1v) is 26.3. The Hall–Kier alpha value is -9.56. The topological polar surface area (TPSA) is 3.24 Å². The Bertz CT molecular complexity index is 4260. The number of hydrogen-bond acceptors (Lipinski definition) is 1. The maximum Gasteiger partial charge on any atom is 0.0626 e. The largest absolute Gasteiger partial charge is 0.309 e. The lowest BCUT2D eigenvalue weighted by molar-refractivity contribution is 0.977. The van der Waals surface area contributed by atoms with Crippen molar-refractivity contribution >= 4 is 71.7 Å². The van der Waals surface area contributed by atoms with Crippen LogP contribution < -0.4 is 4.90 Å². The third kappa shape index (κ3) is 6.78. The SMILES string of the molecule is c1ccc(C2=C(c3ccccc3)C(c3c4ccccc4c(-c4cccc5ccccc45)c4ccccc34)=C3C2=C(N2c4ccccc4CCc4ccccc42)c2cc(-c4ccccc4)c(-c4ccccc4)cc23)cc1. The highest BCUT2D eigenvalue weighted by molar-refractivity contribution is 6.42. The highest BCUT2D eigenvalue weighted by Gasteiger charge is 2.44. The standard InChI is InChI=1S/C74H49N/c1-5-24-49(25-6-1)61-46-63-64(47-62(61)50-26-7-2-8-27-50)74(75-65-42-21-14-29-51(65)44-45-52-30-15-22-43-66(52)75)73-68(54-33-11-4-12-34-54)67(53-31-9-3-10-32-53)72(71(63)73)70-59-39-19-17-37-57(59)69(58-38-18-20-40-60(58)70)56-41-23-35-48-28-13-16-36-55(48)56/h1-43,46-47H,44-45H2. The molecule has 0 atom stereocenters. The fourth-order valence-corrected chi connectivity index (χ4v) is 12.9. The molecule has 1 heteroatoms. The fourth-order valence-electron chi connectivity index (χ4n) is 12.9. The van der Waals surface area contributed by atoms with Crippen LogP contribution in [0.2, 0.25) is 0 Å². The molecule has 0 bridgehead atoms. The van der Waals surface area contributed by atoms with Crippen molar-refractivity contribution in [2.24, 2.45) is 0 Å². The molecule has 1 aliphatic heterocycles. The molecule has 2 aliphatic carbocycles. The van der Waals surface area contributed by atoms with Crippen molar-refractivity contribution in [1.29, 1.82) is 0 Å². The van der Waals surface area contributed by atoms with Gasteiger partial charge in [-0.05, 0) is 147 Å². The van der Waals surface area contributed by atoms with E-state index in [4.69, 9.17) is 0 Å². The number of nitrogens with zero attached hydrogens (tertiary/aromatic N) is 1. The van der Waals surface area contributed by atoms with Crippen molar-refractivity contribution in [2.45, 2.75) is 12.8 Å². The van der Waals surface area contributed by atoms with Crippen molar-refractivity contribution in [3.63, 3.8) is 0 Å². The molecule has 0 aromatic heterocycles. The highest BCUT2D eigenvalue weighted by Crippen LogP contribution is 2.65. The number of aryl methyl sites for hydroxylation is 2. The van der Waals surface area contributed by atoms with Gasteiger partial charge in [0.15, 0.2) is 0 Å². The molecule has 0 amide bonds. The Morgan fingerprint density at radius 3 is 1.17 bits per heavy atom. The fraction of sp³-hybridized carbons (Fsp3) is 0.0270. The van der Waals surface area contributed by atoms with Crippen molar-refractivity contribution in [3.8, 4) is 33.4 Å². The number of fused-ring (bicyclic) bond motifs is 8. The lowest BCUT2D eigenvalue weighted by Crippen LogP contribution is -2.17. The van der Waals surface area contributed by atoms with Crippen molar-refractivity contribution in [3.05, 3.63) is 318 Å². The average molecular weight is 952 g/mol. The van der Waals surface area contributed by atoms with Gasteiger partial charge in [0.05, 0.1) is 5.70 Å². The van der Waals surface area contributed by atoms with E-state index in [2.05, 4.69) is 278 Å². The Morgan fingerprint density at radius 2 is 0.640 bits per heavy atom. The maximum absolute atomic E-state index is 2.66. The normalized spacial score (nSPS) is 13.8. The van der Waals surface area contributed by atoms with Gasteiger partial charge < -0.3 is 4.90 Å². The van der Waals surface area contributed by atoms with Crippen LogP contribution >= 0.6 is 0 Å². The molecule has 12 aromatic rings. The minimum Gasteiger partial charge on any atom is -0.309 e. The van der Waals surface area contributed by atoms with Crippen LogP contribution in [0.4, 0.5) is 11.4 Å². The summed E-state index contributed by atoms with van der Waals surface area (Å²) < 4.78 is 0. The molecule has 15 rings (SSSR count). The van der Waals surface area contributed by atoms with Gasteiger partial charge in [-0.2, -0.15) is 0 Å². The van der Waals surface area contributed by atoms with Gasteiger partial charge in [-0.15, -0.1) is 0 Å². The molecule has 1 heterocycles. The first-order chi connectivity index (χ1) is 37.3. The van der Waals surface area contributed by atoms with Gasteiger partial charge in [0.2, 0.25) is 0 Å². The summed E-state index contributed by atoms with van der Waals surface area (Å²) in [5.41, 5.74) is 26.0. The average Bonchev–Trinajstić information content (AvgIpc) is 4.12. The predicted octanol–water partition coefficient (Wildman–Crippen LogP) is 19.3. The first-order valence-electron chi connectivity index (χ1n) is 26.3. The van der Waals surface area contributed by atoms with Gasteiger partial charge >= 0.3 is 0 Å². The minimum atomic E-state index is 0.951. The first kappa shape index (κ1) is 43.1. The van der Waals surface area contributed by atoms with E-state index >= 15 is 0 Å². The predicted molar refractivity (Wildman–Crippen MR) is 318 cm³/mol. The highest BCUT2D eigenvalue weighted by atomic mass is 15.2. The summed E-state index contributed by atoms with van der Waals surface area (Å²) in [4.78, 5) is 2.66. The lowest BCUT2D eigenvalue weighted by atomic mass is 9.80. The van der Waals surface area contributed by atoms with E-state index < -0.39 is 0 Å². The van der Waals surface area contributed by atoms with Gasteiger partial charge in [-0.3, -0.25) is 0 Å². The monoisotopic (exact) mass is 951 g/mol. The summed E-state index contributed by atoms with van der Waals surface area (Å²) in [6.45, 7) is 0. The molecule has 12 aromatic carbocycles. The van der Waals surface area contributed by atoms with Gasteiger partial charge in [0.25, 0.3) is 0 Å². The molecular weight excluding hydrogens is 903 g/mol. The van der Waals surface area contributed by atoms with Gasteiger partial charge in [-0.25, -0.2) is 0 Å². The second kappa shape index (κ2) is 17.6. The lowest BCUT2D eigenvalue weighted by Gasteiger charge is -2.31. The summed E-state index contributed by atoms with van der Waals surface area (Å²) in [7, 11) is 0. The van der Waals surface area contributed by atoms with E-state index in [-0.39, 0.29) is 0 Å². The zero-order valence-corrected chi connectivity index (χ0v) is 41.3. The Labute approximate surface area is 438 Å². The molecule has 0 spiro atoms. The summed E-state index contributed by atoms with van der Waals surface area (Å²) >= 11 is 0. The number of benzene rings is 12. The van der Waals surface area contributed by atoms with Crippen LogP contribution in [0.15, 0.2) is 279 Å². The van der Waals surface area contributed by atoms with Crippen molar-refractivity contribution in [1.82, 2.24) is 0 Å². The molecule has 0 fully saturated rings. The van der Waals surface area contributed by atoms with Crippen molar-refractivity contribution in [2.75, 3.05) is 4.90 Å². The van der Waals surface area contributed by atoms with Crippen LogP contribution in [0.5, 0.6) is 0 Å². The number of para-hydroxylation sites is 2. The quantitative estimate of drug-likeness (QED) is 0.144. The molecule has 0 saturated carbocycles. The zero-order chi connectivity index (χ0) is 49.4. The van der Waals surface area contributed by atoms with E-state index in [1.807, 2.05) is 0 Å². The van der Waals surface area contributed by atoms with E-state index in [0.717, 1.165) is 12.8 Å². The van der Waals surface area contributed by atoms with Crippen LogP contribution in [0.1, 0.15) is 38.9 Å². The third-order valence-electron chi connectivity index (χ3n) is 16.1. The molecule has 0 radical (unpaired) electrons. The number of hydrogen-bond donors (Lipinski definition) is 0. The zero-order valence-electron chi connectivity index (χ0n) is 41.3. The van der Waals surface area contributed by atoms with E-state index in [1.165, 1.54) is 150 Å². The van der Waals surface area contributed by atoms with E-state index in [1.54, 1.807) is 0 Å². The van der Waals surface area contributed by atoms with Crippen LogP contribution in [-0.2, 0) is 12.8 Å². The Morgan fingerprint density at radius 1 is 0.240 bits per heavy atom. The Kier molecular flexibility index (Phi) is 10.1. The van der Waals surface area contributed by atoms with Crippen LogP contribution in [0.3, 0.4) is 0 Å². The summed E-state index contributed by atoms with van der Waals surface area (Å²) in [5, 5.41) is 7.42. The molecule has 0 saturated heterocycles. The van der Waals surface area contributed by atoms with Crippen LogP contribution in [0, 0.1) is 0 Å². The molecule has 0 N–H and O–H groups in total. The summed E-state index contributed by atoms with van der Waals surface area (Å²) in [6, 6.07) is 102. The van der Waals surface area contributed by atoms with Crippen molar-refractivity contribution < 1.29 is 0 Å². The number of anilines is 2. The molecule has 0 unspecified atom stereocenters. The third-order valence-corrected chi connectivity index (χ3v) is 16.1. The number of allylic oxidation sites excluding steroid dienone is 5. The maximum atomic E-state index is 2.66. The Balaban J connectivity index is 1.18. The molecule has 3 aliphatic rings. The number of rotatable bonds is 7. The summed E-state index contributed by atoms with van der Waals surface area (Å²) in [6.07, 6.45) is 1.90. The molecular formula is C74H49N. The van der Waals surface area contributed by atoms with E-state index in [0.29, 0.717) is 0 Å². The van der Waals surface area contributed by atoms with Crippen LogP contribution in [0.25, 0.3) is 93.7 Å². The second-order valence-electron chi connectivity index (χ2n) is 20.1. The molecule has 75 heavy (non-hydrogen) atoms. The second-order valence-corrected chi connectivity index (χ2v) is 20.1.